The highest BCUT2D eigenvalue weighted by molar-refractivity contribution is 5.74. The smallest absolute Gasteiger partial charge is 0.320 e. The zero-order valence-corrected chi connectivity index (χ0v) is 13.4. The number of hydrogen-bond donors (Lipinski definition) is 0. The summed E-state index contributed by atoms with van der Waals surface area (Å²) in [6, 6.07) is 20.4. The largest absolute Gasteiger partial charge is 0.321 e. The summed E-state index contributed by atoms with van der Waals surface area (Å²) in [5, 5.41) is 0. The lowest BCUT2D eigenvalue weighted by Crippen LogP contribution is -2.42. The molecule has 0 saturated heterocycles. The van der Waals surface area contributed by atoms with Gasteiger partial charge < -0.3 is 9.80 Å². The van der Waals surface area contributed by atoms with Gasteiger partial charge in [-0.2, -0.15) is 0 Å². The molecule has 3 heteroatoms. The molecule has 0 aromatic heterocycles. The van der Waals surface area contributed by atoms with Gasteiger partial charge in [0.25, 0.3) is 0 Å². The van der Waals surface area contributed by atoms with Crippen LogP contribution in [-0.2, 0) is 13.1 Å². The first kappa shape index (κ1) is 16.1. The summed E-state index contributed by atoms with van der Waals surface area (Å²) >= 11 is 0. The summed E-state index contributed by atoms with van der Waals surface area (Å²) in [6.07, 6.45) is 0. The highest BCUT2D eigenvalue weighted by atomic mass is 16.2. The normalized spacial score (nSPS) is 10.3. The predicted molar refractivity (Wildman–Crippen MR) is 90.4 cm³/mol. The van der Waals surface area contributed by atoms with Gasteiger partial charge in [-0.3, -0.25) is 0 Å². The van der Waals surface area contributed by atoms with Crippen molar-refractivity contribution in [1.29, 1.82) is 0 Å². The van der Waals surface area contributed by atoms with Gasteiger partial charge in [-0.15, -0.1) is 0 Å². The highest BCUT2D eigenvalue weighted by Crippen LogP contribution is 2.11. The molecule has 2 aromatic rings. The lowest BCUT2D eigenvalue weighted by molar-refractivity contribution is 0.152. The maximum absolute atomic E-state index is 12.8. The Labute approximate surface area is 133 Å². The molecular formula is C19H24N2O. The van der Waals surface area contributed by atoms with E-state index in [4.69, 9.17) is 0 Å². The van der Waals surface area contributed by atoms with Gasteiger partial charge in [0.05, 0.1) is 0 Å². The Bertz CT molecular complexity index is 517. The van der Waals surface area contributed by atoms with Gasteiger partial charge in [0.2, 0.25) is 0 Å². The number of nitrogens with zero attached hydrogens (tertiary/aromatic N) is 2. The molecular weight excluding hydrogens is 272 g/mol. The third kappa shape index (κ3) is 4.35. The fraction of sp³-hybridized carbons (Fsp3) is 0.316. The fourth-order valence-corrected chi connectivity index (χ4v) is 2.44. The molecule has 0 bridgehead atoms. The summed E-state index contributed by atoms with van der Waals surface area (Å²) in [5.74, 6) is 0. The summed E-state index contributed by atoms with van der Waals surface area (Å²) < 4.78 is 0. The molecule has 116 valence electrons. The first-order chi connectivity index (χ1) is 10.7. The highest BCUT2D eigenvalue weighted by Gasteiger charge is 2.18. The van der Waals surface area contributed by atoms with Crippen LogP contribution in [-0.4, -0.2) is 28.9 Å². The Morgan fingerprint density at radius 1 is 0.727 bits per heavy atom. The maximum atomic E-state index is 12.8. The Balaban J connectivity index is 2.05. The van der Waals surface area contributed by atoms with E-state index in [0.717, 1.165) is 11.1 Å². The third-order valence-electron chi connectivity index (χ3n) is 3.74. The molecule has 0 aliphatic carbocycles. The second-order valence-corrected chi connectivity index (χ2v) is 5.28. The second kappa shape index (κ2) is 8.23. The van der Waals surface area contributed by atoms with Gasteiger partial charge >= 0.3 is 6.03 Å². The Morgan fingerprint density at radius 3 is 1.41 bits per heavy atom. The Morgan fingerprint density at radius 2 is 1.09 bits per heavy atom. The lowest BCUT2D eigenvalue weighted by atomic mass is 10.2. The van der Waals surface area contributed by atoms with Crippen molar-refractivity contribution in [3.63, 3.8) is 0 Å². The molecule has 2 rings (SSSR count). The van der Waals surface area contributed by atoms with Crippen LogP contribution in [0.1, 0.15) is 25.0 Å². The third-order valence-corrected chi connectivity index (χ3v) is 3.74. The van der Waals surface area contributed by atoms with Crippen LogP contribution >= 0.6 is 0 Å². The van der Waals surface area contributed by atoms with E-state index in [9.17, 15) is 4.79 Å². The van der Waals surface area contributed by atoms with E-state index in [2.05, 4.69) is 24.3 Å². The van der Waals surface area contributed by atoms with E-state index < -0.39 is 0 Å². The van der Waals surface area contributed by atoms with Crippen molar-refractivity contribution in [3.05, 3.63) is 71.8 Å². The molecule has 0 aliphatic heterocycles. The van der Waals surface area contributed by atoms with Crippen molar-refractivity contribution >= 4 is 6.03 Å². The number of carbonyl (C=O) groups is 1. The van der Waals surface area contributed by atoms with Crippen molar-refractivity contribution < 1.29 is 4.79 Å². The molecule has 0 atom stereocenters. The van der Waals surface area contributed by atoms with Crippen LogP contribution in [0.3, 0.4) is 0 Å². The van der Waals surface area contributed by atoms with Crippen LogP contribution in [0.4, 0.5) is 4.79 Å². The van der Waals surface area contributed by atoms with E-state index in [0.29, 0.717) is 26.2 Å². The second-order valence-electron chi connectivity index (χ2n) is 5.28. The molecule has 0 fully saturated rings. The molecule has 0 aliphatic rings. The van der Waals surface area contributed by atoms with E-state index in [1.54, 1.807) is 0 Å². The minimum Gasteiger partial charge on any atom is -0.321 e. The summed E-state index contributed by atoms with van der Waals surface area (Å²) in [7, 11) is 0. The van der Waals surface area contributed by atoms with Gasteiger partial charge in [-0.1, -0.05) is 60.7 Å². The Hall–Kier alpha value is -2.29. The van der Waals surface area contributed by atoms with Gasteiger partial charge in [-0.25, -0.2) is 4.79 Å². The fourth-order valence-electron chi connectivity index (χ4n) is 2.44. The van der Waals surface area contributed by atoms with E-state index >= 15 is 0 Å². The molecule has 0 saturated carbocycles. The van der Waals surface area contributed by atoms with Crippen LogP contribution in [0.2, 0.25) is 0 Å². The Kier molecular flexibility index (Phi) is 6.01. The van der Waals surface area contributed by atoms with Gasteiger partial charge in [0.15, 0.2) is 0 Å². The molecule has 3 nitrogen and oxygen atoms in total. The molecule has 0 N–H and O–H groups in total. The van der Waals surface area contributed by atoms with Gasteiger partial charge in [0, 0.05) is 26.2 Å². The molecule has 22 heavy (non-hydrogen) atoms. The maximum Gasteiger partial charge on any atom is 0.320 e. The van der Waals surface area contributed by atoms with Crippen molar-refractivity contribution in [1.82, 2.24) is 9.80 Å². The minimum absolute atomic E-state index is 0.0951. The number of carbonyl (C=O) groups excluding carboxylic acids is 1. The number of urea groups is 1. The van der Waals surface area contributed by atoms with E-state index in [1.165, 1.54) is 0 Å². The lowest BCUT2D eigenvalue weighted by Gasteiger charge is -2.29. The zero-order valence-electron chi connectivity index (χ0n) is 13.4. The number of benzene rings is 2. The molecule has 0 spiro atoms. The van der Waals surface area contributed by atoms with Gasteiger partial charge in [0.1, 0.15) is 0 Å². The first-order valence-electron chi connectivity index (χ1n) is 7.86. The molecule has 0 heterocycles. The summed E-state index contributed by atoms with van der Waals surface area (Å²) in [4.78, 5) is 16.5. The van der Waals surface area contributed by atoms with Crippen molar-refractivity contribution in [2.75, 3.05) is 13.1 Å². The molecule has 0 unspecified atom stereocenters. The predicted octanol–water partition coefficient (Wildman–Crippen LogP) is 4.15. The molecule has 2 aromatic carbocycles. The standard InChI is InChI=1S/C19H24N2O/c1-3-20(15-17-11-7-5-8-12-17)19(22)21(4-2)16-18-13-9-6-10-14-18/h5-14H,3-4,15-16H2,1-2H3. The van der Waals surface area contributed by atoms with E-state index in [1.807, 2.05) is 60.0 Å². The van der Waals surface area contributed by atoms with Gasteiger partial charge in [-0.05, 0) is 25.0 Å². The average molecular weight is 296 g/mol. The van der Waals surface area contributed by atoms with Crippen molar-refractivity contribution in [2.24, 2.45) is 0 Å². The quantitative estimate of drug-likeness (QED) is 0.785. The molecule has 2 amide bonds. The van der Waals surface area contributed by atoms with Crippen molar-refractivity contribution in [2.45, 2.75) is 26.9 Å². The summed E-state index contributed by atoms with van der Waals surface area (Å²) in [5.41, 5.74) is 2.32. The van der Waals surface area contributed by atoms with Crippen molar-refractivity contribution in [3.8, 4) is 0 Å². The average Bonchev–Trinajstić information content (AvgIpc) is 2.59. The SMILES string of the molecule is CCN(Cc1ccccc1)C(=O)N(CC)Cc1ccccc1. The van der Waals surface area contributed by atoms with E-state index in [-0.39, 0.29) is 6.03 Å². The topological polar surface area (TPSA) is 23.6 Å². The first-order valence-corrected chi connectivity index (χ1v) is 7.86. The zero-order chi connectivity index (χ0) is 15.8. The minimum atomic E-state index is 0.0951. The number of hydrogen-bond acceptors (Lipinski definition) is 1. The van der Waals surface area contributed by atoms with Crippen LogP contribution in [0.5, 0.6) is 0 Å². The van der Waals surface area contributed by atoms with Crippen LogP contribution in [0.15, 0.2) is 60.7 Å². The van der Waals surface area contributed by atoms with Crippen LogP contribution < -0.4 is 0 Å². The van der Waals surface area contributed by atoms with Crippen LogP contribution in [0, 0.1) is 0 Å². The number of amides is 2. The van der Waals surface area contributed by atoms with Crippen LogP contribution in [0.25, 0.3) is 0 Å². The molecule has 0 radical (unpaired) electrons. The summed E-state index contributed by atoms with van der Waals surface area (Å²) in [6.45, 7) is 6.77. The monoisotopic (exact) mass is 296 g/mol. The number of rotatable bonds is 6.